The van der Waals surface area contributed by atoms with Crippen molar-refractivity contribution in [2.45, 2.75) is 23.1 Å². The maximum atomic E-state index is 6.22. The van der Waals surface area contributed by atoms with Crippen LogP contribution in [0.3, 0.4) is 0 Å². The fourth-order valence-electron chi connectivity index (χ4n) is 1.84. The minimum absolute atomic E-state index is 0.0313. The van der Waals surface area contributed by atoms with E-state index in [-0.39, 0.29) is 11.3 Å². The highest BCUT2D eigenvalue weighted by molar-refractivity contribution is 7.99. The minimum atomic E-state index is -0.0313. The van der Waals surface area contributed by atoms with E-state index in [2.05, 4.69) is 0 Å². The van der Waals surface area contributed by atoms with Gasteiger partial charge in [-0.05, 0) is 42.8 Å². The van der Waals surface area contributed by atoms with Crippen LogP contribution >= 0.6 is 46.6 Å². The number of hydrogen-bond donors (Lipinski definition) is 1. The van der Waals surface area contributed by atoms with Gasteiger partial charge in [0.15, 0.2) is 0 Å². The molecule has 5 heteroatoms. The van der Waals surface area contributed by atoms with E-state index in [0.717, 1.165) is 10.5 Å². The van der Waals surface area contributed by atoms with Gasteiger partial charge in [-0.2, -0.15) is 0 Å². The van der Waals surface area contributed by atoms with Crippen LogP contribution in [-0.2, 0) is 0 Å². The highest BCUT2D eigenvalue weighted by Crippen LogP contribution is 2.41. The van der Waals surface area contributed by atoms with Gasteiger partial charge in [0.2, 0.25) is 0 Å². The number of thioether (sulfide) groups is 1. The van der Waals surface area contributed by atoms with Crippen molar-refractivity contribution in [2.75, 3.05) is 0 Å². The van der Waals surface area contributed by atoms with Gasteiger partial charge in [0.05, 0.1) is 5.02 Å². The van der Waals surface area contributed by atoms with Gasteiger partial charge in [0.1, 0.15) is 0 Å². The Hall–Kier alpha value is -0.380. The van der Waals surface area contributed by atoms with Crippen molar-refractivity contribution in [3.63, 3.8) is 0 Å². The molecule has 2 atom stereocenters. The first-order valence-corrected chi connectivity index (χ1v) is 8.11. The Labute approximate surface area is 138 Å². The van der Waals surface area contributed by atoms with Crippen LogP contribution in [0.5, 0.6) is 0 Å². The SMILES string of the molecule is CC(N)C(Sc1cc(Cl)ccc1Cl)c1ccc(Cl)cc1. The fourth-order valence-corrected chi connectivity index (χ4v) is 3.61. The average molecular weight is 347 g/mol. The number of hydrogen-bond acceptors (Lipinski definition) is 2. The molecule has 0 aliphatic carbocycles. The summed E-state index contributed by atoms with van der Waals surface area (Å²) >= 11 is 19.8. The smallest absolute Gasteiger partial charge is 0.0543 e. The molecular formula is C15H14Cl3NS. The van der Waals surface area contributed by atoms with Crippen LogP contribution in [0.25, 0.3) is 0 Å². The average Bonchev–Trinajstić information content (AvgIpc) is 2.40. The number of halogens is 3. The van der Waals surface area contributed by atoms with Crippen LogP contribution in [0.15, 0.2) is 47.4 Å². The third-order valence-electron chi connectivity index (χ3n) is 2.82. The first-order chi connectivity index (χ1) is 9.47. The number of nitrogens with two attached hydrogens (primary N) is 1. The Bertz CT molecular complexity index is 584. The van der Waals surface area contributed by atoms with Gasteiger partial charge in [-0.15, -0.1) is 11.8 Å². The van der Waals surface area contributed by atoms with E-state index < -0.39 is 0 Å². The van der Waals surface area contributed by atoms with Crippen molar-refractivity contribution in [3.8, 4) is 0 Å². The van der Waals surface area contributed by atoms with E-state index in [4.69, 9.17) is 40.5 Å². The summed E-state index contributed by atoms with van der Waals surface area (Å²) in [6.07, 6.45) is 0. The van der Waals surface area contributed by atoms with Gasteiger partial charge in [0.25, 0.3) is 0 Å². The second-order valence-corrected chi connectivity index (χ2v) is 6.99. The van der Waals surface area contributed by atoms with Gasteiger partial charge in [-0.1, -0.05) is 46.9 Å². The number of benzene rings is 2. The monoisotopic (exact) mass is 345 g/mol. The summed E-state index contributed by atoms with van der Waals surface area (Å²) in [6.45, 7) is 1.98. The van der Waals surface area contributed by atoms with Gasteiger partial charge >= 0.3 is 0 Å². The molecule has 0 radical (unpaired) electrons. The third kappa shape index (κ3) is 4.06. The Kier molecular flexibility index (Phi) is 5.65. The zero-order valence-corrected chi connectivity index (χ0v) is 13.9. The van der Waals surface area contributed by atoms with Gasteiger partial charge < -0.3 is 5.73 Å². The molecule has 20 heavy (non-hydrogen) atoms. The molecule has 106 valence electrons. The van der Waals surface area contributed by atoms with Gasteiger partial charge in [-0.25, -0.2) is 0 Å². The fraction of sp³-hybridized carbons (Fsp3) is 0.200. The summed E-state index contributed by atoms with van der Waals surface area (Å²) in [5, 5.41) is 2.14. The highest BCUT2D eigenvalue weighted by atomic mass is 35.5. The van der Waals surface area contributed by atoms with E-state index in [0.29, 0.717) is 15.1 Å². The van der Waals surface area contributed by atoms with Crippen molar-refractivity contribution in [3.05, 3.63) is 63.1 Å². The number of rotatable bonds is 4. The minimum Gasteiger partial charge on any atom is -0.327 e. The molecule has 2 rings (SSSR count). The molecule has 0 spiro atoms. The maximum absolute atomic E-state index is 6.22. The molecule has 2 N–H and O–H groups in total. The summed E-state index contributed by atoms with van der Waals surface area (Å²) in [4.78, 5) is 0.927. The molecule has 0 fully saturated rings. The van der Waals surface area contributed by atoms with Crippen molar-refractivity contribution in [2.24, 2.45) is 5.73 Å². The molecule has 0 bridgehead atoms. The summed E-state index contributed by atoms with van der Waals surface area (Å²) in [5.74, 6) is 0. The Morgan fingerprint density at radius 3 is 2.15 bits per heavy atom. The normalized spacial score (nSPS) is 14.1. The molecule has 0 aromatic heterocycles. The van der Waals surface area contributed by atoms with Gasteiger partial charge in [0, 0.05) is 26.2 Å². The Morgan fingerprint density at radius 1 is 0.950 bits per heavy atom. The summed E-state index contributed by atoms with van der Waals surface area (Å²) < 4.78 is 0. The van der Waals surface area contributed by atoms with Crippen LogP contribution in [0, 0.1) is 0 Å². The first kappa shape index (κ1) is 16.0. The van der Waals surface area contributed by atoms with Crippen LogP contribution in [0.2, 0.25) is 15.1 Å². The lowest BCUT2D eigenvalue weighted by molar-refractivity contribution is 0.721. The van der Waals surface area contributed by atoms with Crippen molar-refractivity contribution >= 4 is 46.6 Å². The van der Waals surface area contributed by atoms with Crippen LogP contribution in [0.4, 0.5) is 0 Å². The molecule has 0 saturated heterocycles. The molecular weight excluding hydrogens is 333 g/mol. The van der Waals surface area contributed by atoms with Crippen LogP contribution in [-0.4, -0.2) is 6.04 Å². The lowest BCUT2D eigenvalue weighted by atomic mass is 10.1. The molecule has 2 unspecified atom stereocenters. The zero-order chi connectivity index (χ0) is 14.7. The summed E-state index contributed by atoms with van der Waals surface area (Å²) in [7, 11) is 0. The van der Waals surface area contributed by atoms with E-state index in [1.54, 1.807) is 23.9 Å². The van der Waals surface area contributed by atoms with E-state index in [1.165, 1.54) is 0 Å². The molecule has 2 aromatic carbocycles. The van der Waals surface area contributed by atoms with Crippen molar-refractivity contribution in [1.82, 2.24) is 0 Å². The molecule has 0 amide bonds. The second kappa shape index (κ2) is 7.06. The summed E-state index contributed by atoms with van der Waals surface area (Å²) in [6, 6.07) is 13.1. The third-order valence-corrected chi connectivity index (χ3v) is 5.30. The predicted octanol–water partition coefficient (Wildman–Crippen LogP) is 5.83. The topological polar surface area (TPSA) is 26.0 Å². The molecule has 1 nitrogen and oxygen atoms in total. The van der Waals surface area contributed by atoms with Crippen LogP contribution < -0.4 is 5.73 Å². The quantitative estimate of drug-likeness (QED) is 0.705. The van der Waals surface area contributed by atoms with Crippen molar-refractivity contribution < 1.29 is 0 Å². The van der Waals surface area contributed by atoms with E-state index in [9.17, 15) is 0 Å². The predicted molar refractivity (Wildman–Crippen MR) is 90.2 cm³/mol. The molecule has 0 aliphatic rings. The summed E-state index contributed by atoms with van der Waals surface area (Å²) in [5.41, 5.74) is 7.23. The molecule has 2 aromatic rings. The molecule has 0 aliphatic heterocycles. The maximum Gasteiger partial charge on any atom is 0.0543 e. The lowest BCUT2D eigenvalue weighted by Gasteiger charge is -2.21. The largest absolute Gasteiger partial charge is 0.327 e. The van der Waals surface area contributed by atoms with E-state index in [1.807, 2.05) is 37.3 Å². The molecule has 0 heterocycles. The second-order valence-electron chi connectivity index (χ2n) is 4.52. The van der Waals surface area contributed by atoms with Gasteiger partial charge in [-0.3, -0.25) is 0 Å². The lowest BCUT2D eigenvalue weighted by Crippen LogP contribution is -2.22. The van der Waals surface area contributed by atoms with Crippen molar-refractivity contribution in [1.29, 1.82) is 0 Å². The Morgan fingerprint density at radius 2 is 1.55 bits per heavy atom. The molecule has 0 saturated carbocycles. The first-order valence-electron chi connectivity index (χ1n) is 6.10. The van der Waals surface area contributed by atoms with Crippen LogP contribution in [0.1, 0.15) is 17.7 Å². The van der Waals surface area contributed by atoms with E-state index >= 15 is 0 Å². The zero-order valence-electron chi connectivity index (χ0n) is 10.8. The standard InChI is InChI=1S/C15H14Cl3NS/c1-9(19)15(10-2-4-11(16)5-3-10)20-14-8-12(17)6-7-13(14)18/h2-9,15H,19H2,1H3. The highest BCUT2D eigenvalue weighted by Gasteiger charge is 2.19. The Balaban J connectivity index is 2.30.